The van der Waals surface area contributed by atoms with E-state index in [0.29, 0.717) is 18.3 Å². The van der Waals surface area contributed by atoms with Gasteiger partial charge in [0, 0.05) is 6.07 Å². The summed E-state index contributed by atoms with van der Waals surface area (Å²) < 4.78 is 10.8. The van der Waals surface area contributed by atoms with Gasteiger partial charge in [0.1, 0.15) is 0 Å². The van der Waals surface area contributed by atoms with Gasteiger partial charge in [-0.15, -0.1) is 0 Å². The van der Waals surface area contributed by atoms with Gasteiger partial charge < -0.3 is 14.3 Å². The highest BCUT2D eigenvalue weighted by molar-refractivity contribution is 5.50. The van der Waals surface area contributed by atoms with Crippen molar-refractivity contribution in [3.8, 4) is 5.95 Å². The molecule has 0 unspecified atom stereocenters. The molecular weight excluding hydrogens is 288 g/mol. The van der Waals surface area contributed by atoms with Crippen LogP contribution in [-0.4, -0.2) is 11.7 Å². The molecule has 0 atom stereocenters. The summed E-state index contributed by atoms with van der Waals surface area (Å²) in [6, 6.07) is 3.39. The first-order valence-corrected chi connectivity index (χ1v) is 9.35. The van der Waals surface area contributed by atoms with Crippen molar-refractivity contribution < 1.29 is 14.3 Å². The molecule has 0 spiro atoms. The highest BCUT2D eigenvalue weighted by Crippen LogP contribution is 2.20. The van der Waals surface area contributed by atoms with E-state index < -0.39 is 0 Å². The molecule has 0 aliphatic carbocycles. The van der Waals surface area contributed by atoms with Crippen LogP contribution in [0.25, 0.3) is 5.76 Å². The molecule has 3 nitrogen and oxygen atoms in total. The number of hydrogen-bond donors (Lipinski definition) is 1. The molecule has 0 radical (unpaired) electrons. The third-order valence-corrected chi connectivity index (χ3v) is 4.11. The van der Waals surface area contributed by atoms with Crippen molar-refractivity contribution in [3.05, 3.63) is 24.5 Å². The lowest BCUT2D eigenvalue weighted by atomic mass is 10.1. The molecule has 3 heteroatoms. The Morgan fingerprint density at radius 3 is 1.91 bits per heavy atom. The van der Waals surface area contributed by atoms with Gasteiger partial charge in [0.2, 0.25) is 0 Å². The topological polar surface area (TPSA) is 42.6 Å². The Bertz CT molecular complexity index is 409. The predicted octanol–water partition coefficient (Wildman–Crippen LogP) is 6.89. The Balaban J connectivity index is 1.83. The number of rotatable bonds is 15. The average Bonchev–Trinajstić information content (AvgIpc) is 3.01. The smallest absolute Gasteiger partial charge is 0.284 e. The fraction of sp³-hybridized carbons (Fsp3) is 0.700. The molecule has 23 heavy (non-hydrogen) atoms. The van der Waals surface area contributed by atoms with Gasteiger partial charge in [0.05, 0.1) is 6.61 Å². The van der Waals surface area contributed by atoms with Crippen molar-refractivity contribution >= 4 is 5.76 Å². The van der Waals surface area contributed by atoms with Gasteiger partial charge in [0.25, 0.3) is 5.95 Å². The largest absolute Gasteiger partial charge is 0.505 e. The minimum Gasteiger partial charge on any atom is -0.505 e. The Hall–Kier alpha value is -1.38. The SMILES string of the molecule is C=C(O)c1ccc(OCCCCCCCCCCCCCC)o1. The lowest BCUT2D eigenvalue weighted by Crippen LogP contribution is -1.96. The van der Waals surface area contributed by atoms with Crippen molar-refractivity contribution in [1.29, 1.82) is 0 Å². The molecule has 1 rings (SSSR count). The summed E-state index contributed by atoms with van der Waals surface area (Å²) in [5.74, 6) is 0.762. The highest BCUT2D eigenvalue weighted by Gasteiger charge is 2.04. The van der Waals surface area contributed by atoms with E-state index in [-0.39, 0.29) is 5.76 Å². The van der Waals surface area contributed by atoms with Crippen LogP contribution in [0.5, 0.6) is 5.95 Å². The zero-order valence-electron chi connectivity index (χ0n) is 14.8. The molecule has 0 amide bonds. The molecule has 0 saturated carbocycles. The molecule has 0 aliphatic heterocycles. The normalized spacial score (nSPS) is 10.8. The zero-order valence-corrected chi connectivity index (χ0v) is 14.8. The molecule has 0 saturated heterocycles. The second-order valence-corrected chi connectivity index (χ2v) is 6.30. The maximum Gasteiger partial charge on any atom is 0.284 e. The molecule has 1 aromatic heterocycles. The van der Waals surface area contributed by atoms with Gasteiger partial charge in [-0.05, 0) is 12.5 Å². The van der Waals surface area contributed by atoms with E-state index in [1.807, 2.05) is 0 Å². The van der Waals surface area contributed by atoms with Crippen LogP contribution in [0, 0.1) is 0 Å². The summed E-state index contributed by atoms with van der Waals surface area (Å²) in [4.78, 5) is 0. The van der Waals surface area contributed by atoms with Crippen LogP contribution in [-0.2, 0) is 0 Å². The van der Waals surface area contributed by atoms with Gasteiger partial charge in [0.15, 0.2) is 11.5 Å². The standard InChI is InChI=1S/C20H34O3/c1-3-4-5-6-7-8-9-10-11-12-13-14-17-22-20-16-15-19(23-20)18(2)21/h15-16,21H,2-14,17H2,1H3. The maximum atomic E-state index is 9.18. The second kappa shape index (κ2) is 13.1. The third kappa shape index (κ3) is 10.1. The summed E-state index contributed by atoms with van der Waals surface area (Å²) >= 11 is 0. The van der Waals surface area contributed by atoms with Gasteiger partial charge >= 0.3 is 0 Å². The van der Waals surface area contributed by atoms with Crippen LogP contribution in [0.1, 0.15) is 89.7 Å². The number of ether oxygens (including phenoxy) is 1. The van der Waals surface area contributed by atoms with E-state index in [1.54, 1.807) is 12.1 Å². The lowest BCUT2D eigenvalue weighted by Gasteiger charge is -2.04. The maximum absolute atomic E-state index is 9.18. The van der Waals surface area contributed by atoms with E-state index in [2.05, 4.69) is 13.5 Å². The molecule has 1 aromatic rings. The highest BCUT2D eigenvalue weighted by atomic mass is 16.6. The zero-order chi connectivity index (χ0) is 16.8. The molecule has 0 aliphatic rings. The van der Waals surface area contributed by atoms with E-state index in [0.717, 1.165) is 6.42 Å². The summed E-state index contributed by atoms with van der Waals surface area (Å²) in [7, 11) is 0. The Morgan fingerprint density at radius 1 is 0.913 bits per heavy atom. The number of aliphatic hydroxyl groups is 1. The first-order valence-electron chi connectivity index (χ1n) is 9.35. The van der Waals surface area contributed by atoms with Gasteiger partial charge in [-0.3, -0.25) is 0 Å². The molecule has 0 aromatic carbocycles. The first kappa shape index (κ1) is 19.7. The van der Waals surface area contributed by atoms with E-state index >= 15 is 0 Å². The van der Waals surface area contributed by atoms with Crippen molar-refractivity contribution in [2.45, 2.75) is 84.0 Å². The minimum absolute atomic E-state index is 0.0646. The van der Waals surface area contributed by atoms with Crippen LogP contribution in [0.4, 0.5) is 0 Å². The monoisotopic (exact) mass is 322 g/mol. The van der Waals surface area contributed by atoms with Crippen LogP contribution in [0.2, 0.25) is 0 Å². The third-order valence-electron chi connectivity index (χ3n) is 4.11. The first-order chi connectivity index (χ1) is 11.2. The van der Waals surface area contributed by atoms with Crippen molar-refractivity contribution in [1.82, 2.24) is 0 Å². The number of unbranched alkanes of at least 4 members (excludes halogenated alkanes) is 11. The molecule has 1 N–H and O–H groups in total. The predicted molar refractivity (Wildman–Crippen MR) is 96.9 cm³/mol. The molecular formula is C20H34O3. The van der Waals surface area contributed by atoms with Crippen LogP contribution >= 0.6 is 0 Å². The number of furan rings is 1. The van der Waals surface area contributed by atoms with E-state index in [1.165, 1.54) is 70.6 Å². The molecule has 0 fully saturated rings. The molecule has 132 valence electrons. The summed E-state index contributed by atoms with van der Waals surface area (Å²) in [6.07, 6.45) is 16.0. The summed E-state index contributed by atoms with van der Waals surface area (Å²) in [5, 5.41) is 9.18. The van der Waals surface area contributed by atoms with Crippen LogP contribution < -0.4 is 4.74 Å². The Kier molecular flexibility index (Phi) is 11.2. The van der Waals surface area contributed by atoms with Crippen molar-refractivity contribution in [2.75, 3.05) is 6.61 Å². The van der Waals surface area contributed by atoms with E-state index in [9.17, 15) is 5.11 Å². The Morgan fingerprint density at radius 2 is 1.43 bits per heavy atom. The van der Waals surface area contributed by atoms with Crippen molar-refractivity contribution in [2.24, 2.45) is 0 Å². The summed E-state index contributed by atoms with van der Waals surface area (Å²) in [6.45, 7) is 6.35. The lowest BCUT2D eigenvalue weighted by molar-refractivity contribution is 0.232. The number of hydrogen-bond acceptors (Lipinski definition) is 3. The van der Waals surface area contributed by atoms with E-state index in [4.69, 9.17) is 9.15 Å². The minimum atomic E-state index is -0.0646. The second-order valence-electron chi connectivity index (χ2n) is 6.30. The Labute approximate surface area is 141 Å². The van der Waals surface area contributed by atoms with Gasteiger partial charge in [-0.2, -0.15) is 0 Å². The summed E-state index contributed by atoms with van der Waals surface area (Å²) in [5.41, 5.74) is 0. The fourth-order valence-corrected chi connectivity index (χ4v) is 2.67. The van der Waals surface area contributed by atoms with Crippen LogP contribution in [0.15, 0.2) is 23.1 Å². The van der Waals surface area contributed by atoms with Crippen molar-refractivity contribution in [3.63, 3.8) is 0 Å². The molecule has 1 heterocycles. The molecule has 0 bridgehead atoms. The van der Waals surface area contributed by atoms with Gasteiger partial charge in [-0.25, -0.2) is 0 Å². The van der Waals surface area contributed by atoms with Crippen LogP contribution in [0.3, 0.4) is 0 Å². The quantitative estimate of drug-likeness (QED) is 0.282. The fourth-order valence-electron chi connectivity index (χ4n) is 2.67. The average molecular weight is 322 g/mol. The number of aliphatic hydroxyl groups excluding tert-OH is 1. The van der Waals surface area contributed by atoms with Gasteiger partial charge in [-0.1, -0.05) is 84.1 Å².